The van der Waals surface area contributed by atoms with E-state index in [4.69, 9.17) is 0 Å². The topological polar surface area (TPSA) is 111 Å². The van der Waals surface area contributed by atoms with Gasteiger partial charge in [0, 0.05) is 51.9 Å². The van der Waals surface area contributed by atoms with Gasteiger partial charge in [-0.15, -0.1) is 0 Å². The molecule has 0 saturated carbocycles. The highest BCUT2D eigenvalue weighted by atomic mass is 32.2. The predicted octanol–water partition coefficient (Wildman–Crippen LogP) is 2.16. The Morgan fingerprint density at radius 1 is 1.22 bits per heavy atom. The quantitative estimate of drug-likeness (QED) is 0.357. The first-order valence-electron chi connectivity index (χ1n) is 11.6. The van der Waals surface area contributed by atoms with Crippen molar-refractivity contribution in [3.05, 3.63) is 41.4 Å². The maximum atomic E-state index is 15.0. The Balaban J connectivity index is 0.000000877. The Hall–Kier alpha value is -3.00. The zero-order chi connectivity index (χ0) is 27.8. The van der Waals surface area contributed by atoms with E-state index in [0.717, 1.165) is 24.7 Å². The maximum absolute atomic E-state index is 15.0. The third kappa shape index (κ3) is 8.52. The van der Waals surface area contributed by atoms with Crippen LogP contribution in [-0.2, 0) is 31.5 Å². The van der Waals surface area contributed by atoms with E-state index in [1.54, 1.807) is 4.90 Å². The van der Waals surface area contributed by atoms with Gasteiger partial charge in [-0.3, -0.25) is 14.4 Å². The van der Waals surface area contributed by atoms with Gasteiger partial charge in [-0.2, -0.15) is 13.2 Å². The number of nitrogens with zero attached hydrogens (tertiary/aromatic N) is 2. The molecule has 1 fully saturated rings. The first-order valence-corrected chi connectivity index (χ1v) is 12.8. The van der Waals surface area contributed by atoms with Crippen molar-refractivity contribution in [2.45, 2.75) is 44.2 Å². The number of amides is 3. The van der Waals surface area contributed by atoms with Gasteiger partial charge in [0.1, 0.15) is 27.8 Å². The Morgan fingerprint density at radius 2 is 1.86 bits per heavy atom. The Bertz CT molecular complexity index is 1030. The Labute approximate surface area is 215 Å². The number of hydrogen-bond acceptors (Lipinski definition) is 5. The number of nitrogens with one attached hydrogen (secondary N) is 3. The minimum atomic E-state index is -4.58. The minimum absolute atomic E-state index is 0.0247. The fraction of sp³-hybridized carbons (Fsp3) is 0.522. The number of benzene rings is 1. The summed E-state index contributed by atoms with van der Waals surface area (Å²) in [5.74, 6) is -1.84. The zero-order valence-corrected chi connectivity index (χ0v) is 21.5. The van der Waals surface area contributed by atoms with Crippen molar-refractivity contribution in [3.63, 3.8) is 0 Å². The van der Waals surface area contributed by atoms with Crippen molar-refractivity contribution in [1.29, 1.82) is 0 Å². The molecule has 9 nitrogen and oxygen atoms in total. The second-order valence-electron chi connectivity index (χ2n) is 8.47. The first-order chi connectivity index (χ1) is 17.4. The van der Waals surface area contributed by atoms with Gasteiger partial charge in [0.15, 0.2) is 0 Å². The number of rotatable bonds is 7. The molecule has 0 aromatic heterocycles. The average Bonchev–Trinajstić information content (AvgIpc) is 3.14. The van der Waals surface area contributed by atoms with Crippen LogP contribution in [-0.4, -0.2) is 76.8 Å². The average molecular weight is 550 g/mol. The third-order valence-corrected chi connectivity index (χ3v) is 7.20. The summed E-state index contributed by atoms with van der Waals surface area (Å²) in [4.78, 5) is 36.2. The first kappa shape index (κ1) is 30.2. The molecular formula is C23H31F4N5O4S. The van der Waals surface area contributed by atoms with E-state index in [1.807, 2.05) is 6.92 Å². The normalized spacial score (nSPS) is 19.2. The SMILES string of the molecule is CC(=O)N1CCC(NS(=O)C2CN(C)C(C(=O)Nc3cccc(C(F)(F)F)c3)=C2F)CC1.CCNC=O. The van der Waals surface area contributed by atoms with E-state index >= 15 is 4.39 Å². The molecule has 0 aliphatic carbocycles. The monoisotopic (exact) mass is 549 g/mol. The van der Waals surface area contributed by atoms with E-state index in [2.05, 4.69) is 15.4 Å². The van der Waals surface area contributed by atoms with Gasteiger partial charge < -0.3 is 20.4 Å². The van der Waals surface area contributed by atoms with Crippen LogP contribution in [0.15, 0.2) is 35.8 Å². The molecule has 2 heterocycles. The van der Waals surface area contributed by atoms with Crippen LogP contribution in [0.3, 0.4) is 0 Å². The second-order valence-corrected chi connectivity index (χ2v) is 9.87. The number of halogens is 4. The van der Waals surface area contributed by atoms with Gasteiger partial charge in [0.2, 0.25) is 12.3 Å². The summed E-state index contributed by atoms with van der Waals surface area (Å²) in [6.45, 7) is 5.07. The summed E-state index contributed by atoms with van der Waals surface area (Å²) in [6, 6.07) is 3.87. The van der Waals surface area contributed by atoms with Gasteiger partial charge in [-0.1, -0.05) is 6.07 Å². The molecule has 2 aliphatic rings. The molecule has 14 heteroatoms. The number of carbonyl (C=O) groups excluding carboxylic acids is 3. The van der Waals surface area contributed by atoms with Gasteiger partial charge >= 0.3 is 6.18 Å². The molecule has 2 atom stereocenters. The highest BCUT2D eigenvalue weighted by Gasteiger charge is 2.39. The standard InChI is InChI=1S/C20H24F4N4O3S.C3H7NO/c1-12(29)28-8-6-14(7-9-28)26-32(31)16-11-27(2)18(17(16)21)19(30)25-15-5-3-4-13(10-15)20(22,23)24;1-2-4-3-5/h3-5,10,14,16,26H,6-9,11H2,1-2H3,(H,25,30);3H,2H2,1H3,(H,4,5). The fourth-order valence-corrected chi connectivity index (χ4v) is 5.19. The Kier molecular flexibility index (Phi) is 11.0. The van der Waals surface area contributed by atoms with E-state index in [1.165, 1.54) is 24.9 Å². The highest BCUT2D eigenvalue weighted by molar-refractivity contribution is 7.84. The molecular weight excluding hydrogens is 518 g/mol. The number of carbonyl (C=O) groups is 3. The van der Waals surface area contributed by atoms with E-state index in [9.17, 15) is 31.8 Å². The number of hydrogen-bond donors (Lipinski definition) is 3. The van der Waals surface area contributed by atoms with Crippen molar-refractivity contribution < 1.29 is 36.2 Å². The molecule has 2 unspecified atom stereocenters. The lowest BCUT2D eigenvalue weighted by Gasteiger charge is -2.31. The summed E-state index contributed by atoms with van der Waals surface area (Å²) in [5.41, 5.74) is -1.43. The van der Waals surface area contributed by atoms with Gasteiger partial charge in [0.05, 0.1) is 5.56 Å². The largest absolute Gasteiger partial charge is 0.416 e. The number of anilines is 1. The zero-order valence-electron chi connectivity index (χ0n) is 20.7. The molecule has 3 amide bonds. The molecule has 37 heavy (non-hydrogen) atoms. The molecule has 206 valence electrons. The summed E-state index contributed by atoms with van der Waals surface area (Å²) < 4.78 is 69.2. The number of alkyl halides is 3. The summed E-state index contributed by atoms with van der Waals surface area (Å²) >= 11 is 0. The predicted molar refractivity (Wildman–Crippen MR) is 131 cm³/mol. The van der Waals surface area contributed by atoms with Crippen LogP contribution in [0.25, 0.3) is 0 Å². The van der Waals surface area contributed by atoms with Crippen molar-refractivity contribution in [2.24, 2.45) is 0 Å². The summed E-state index contributed by atoms with van der Waals surface area (Å²) in [7, 11) is -0.374. The molecule has 1 aromatic carbocycles. The van der Waals surface area contributed by atoms with Gasteiger partial charge in [-0.25, -0.2) is 13.3 Å². The lowest BCUT2D eigenvalue weighted by Crippen LogP contribution is -2.46. The molecule has 1 aromatic rings. The van der Waals surface area contributed by atoms with Crippen LogP contribution < -0.4 is 15.4 Å². The third-order valence-electron chi connectivity index (χ3n) is 5.76. The summed E-state index contributed by atoms with van der Waals surface area (Å²) in [5, 5.41) is 3.62. The van der Waals surface area contributed by atoms with E-state index in [0.29, 0.717) is 32.3 Å². The second kappa shape index (κ2) is 13.5. The fourth-order valence-electron chi connectivity index (χ4n) is 3.80. The highest BCUT2D eigenvalue weighted by Crippen LogP contribution is 2.32. The van der Waals surface area contributed by atoms with Crippen molar-refractivity contribution in [2.75, 3.05) is 38.5 Å². The molecule has 1 saturated heterocycles. The van der Waals surface area contributed by atoms with Crippen LogP contribution in [0, 0.1) is 0 Å². The van der Waals surface area contributed by atoms with Crippen LogP contribution in [0.5, 0.6) is 0 Å². The van der Waals surface area contributed by atoms with Crippen LogP contribution in [0.4, 0.5) is 23.2 Å². The minimum Gasteiger partial charge on any atom is -0.366 e. The van der Waals surface area contributed by atoms with Crippen LogP contribution in [0.2, 0.25) is 0 Å². The van der Waals surface area contributed by atoms with Crippen LogP contribution in [0.1, 0.15) is 32.3 Å². The van der Waals surface area contributed by atoms with E-state index < -0.39 is 39.7 Å². The smallest absolute Gasteiger partial charge is 0.366 e. The molecule has 3 N–H and O–H groups in total. The van der Waals surface area contributed by atoms with Gasteiger partial charge in [-0.05, 0) is 38.0 Å². The van der Waals surface area contributed by atoms with Crippen molar-refractivity contribution in [1.82, 2.24) is 19.8 Å². The van der Waals surface area contributed by atoms with Crippen LogP contribution >= 0.6 is 0 Å². The van der Waals surface area contributed by atoms with Gasteiger partial charge in [0.25, 0.3) is 5.91 Å². The molecule has 0 radical (unpaired) electrons. The van der Waals surface area contributed by atoms with Crippen molar-refractivity contribution in [3.8, 4) is 0 Å². The lowest BCUT2D eigenvalue weighted by molar-refractivity contribution is -0.137. The molecule has 2 aliphatic heterocycles. The summed E-state index contributed by atoms with van der Waals surface area (Å²) in [6.07, 6.45) is -2.76. The number of likely N-dealkylation sites (N-methyl/N-ethyl adjacent to an activating group) is 1. The molecule has 3 rings (SSSR count). The maximum Gasteiger partial charge on any atom is 0.416 e. The van der Waals surface area contributed by atoms with E-state index in [-0.39, 0.29) is 29.9 Å². The Morgan fingerprint density at radius 3 is 2.38 bits per heavy atom. The number of likely N-dealkylation sites (tertiary alicyclic amines) is 1. The molecule has 0 bridgehead atoms. The van der Waals surface area contributed by atoms with Crippen molar-refractivity contribution >= 4 is 34.9 Å². The lowest BCUT2D eigenvalue weighted by atomic mass is 10.1. The molecule has 0 spiro atoms. The number of piperidine rings is 1.